The summed E-state index contributed by atoms with van der Waals surface area (Å²) < 4.78 is 0. The Morgan fingerprint density at radius 3 is 2.09 bits per heavy atom. The van der Waals surface area contributed by atoms with Gasteiger partial charge in [0.05, 0.1) is 0 Å². The minimum absolute atomic E-state index is 0.253. The summed E-state index contributed by atoms with van der Waals surface area (Å²) >= 11 is 0. The van der Waals surface area contributed by atoms with Crippen LogP contribution in [0, 0.1) is 0 Å². The monoisotopic (exact) mass is 450 g/mol. The second-order valence-corrected chi connectivity index (χ2v) is 7.17. The second-order valence-electron chi connectivity index (χ2n) is 7.17. The maximum atomic E-state index is 13.0. The molecule has 0 fully saturated rings. The Bertz CT molecular complexity index is 1310. The van der Waals surface area contributed by atoms with Gasteiger partial charge in [0.1, 0.15) is 11.4 Å². The number of carbonyl (C=O) groups is 2. The number of rotatable bonds is 8. The molecule has 0 bridgehead atoms. The predicted molar refractivity (Wildman–Crippen MR) is 135 cm³/mol. The van der Waals surface area contributed by atoms with Crippen LogP contribution in [0.25, 0.3) is 0 Å². The molecular weight excluding hydrogens is 428 g/mol. The van der Waals surface area contributed by atoms with E-state index in [1.165, 1.54) is 12.3 Å². The van der Waals surface area contributed by atoms with Gasteiger partial charge in [0, 0.05) is 28.9 Å². The van der Waals surface area contributed by atoms with Crippen LogP contribution in [0.1, 0.15) is 10.4 Å². The number of hydrogen-bond acceptors (Lipinski definition) is 6. The van der Waals surface area contributed by atoms with E-state index in [-0.39, 0.29) is 17.4 Å². The van der Waals surface area contributed by atoms with Crippen LogP contribution < -0.4 is 21.3 Å². The number of nitrogens with one attached hydrogen (secondary N) is 4. The van der Waals surface area contributed by atoms with E-state index in [4.69, 9.17) is 0 Å². The van der Waals surface area contributed by atoms with Crippen LogP contribution in [0.3, 0.4) is 0 Å². The first-order chi connectivity index (χ1) is 16.6. The van der Waals surface area contributed by atoms with Gasteiger partial charge < -0.3 is 21.3 Å². The molecule has 3 aromatic carbocycles. The third kappa shape index (κ3) is 5.83. The summed E-state index contributed by atoms with van der Waals surface area (Å²) in [4.78, 5) is 33.5. The number of carbonyl (C=O) groups excluding carboxylic acids is 2. The quantitative estimate of drug-likeness (QED) is 0.270. The zero-order valence-electron chi connectivity index (χ0n) is 18.2. The third-order valence-electron chi connectivity index (χ3n) is 4.67. The Hall–Kier alpha value is -4.98. The maximum Gasteiger partial charge on any atom is 0.261 e. The number of para-hydroxylation sites is 2. The topological polar surface area (TPSA) is 108 Å². The van der Waals surface area contributed by atoms with Crippen molar-refractivity contribution >= 4 is 46.3 Å². The first kappa shape index (κ1) is 22.2. The van der Waals surface area contributed by atoms with Gasteiger partial charge in [-0.2, -0.15) is 4.98 Å². The minimum atomic E-state index is -0.365. The van der Waals surface area contributed by atoms with E-state index in [2.05, 4.69) is 37.8 Å². The fraction of sp³-hybridized carbons (Fsp3) is 0. The van der Waals surface area contributed by atoms with Gasteiger partial charge in [0.25, 0.3) is 5.91 Å². The number of aromatic nitrogens is 2. The average molecular weight is 451 g/mol. The van der Waals surface area contributed by atoms with Crippen molar-refractivity contribution in [3.05, 3.63) is 109 Å². The largest absolute Gasteiger partial charge is 0.339 e. The maximum absolute atomic E-state index is 13.0. The van der Waals surface area contributed by atoms with Gasteiger partial charge in [0.15, 0.2) is 0 Å². The molecule has 34 heavy (non-hydrogen) atoms. The molecule has 4 rings (SSSR count). The first-order valence-electron chi connectivity index (χ1n) is 10.5. The van der Waals surface area contributed by atoms with Crippen LogP contribution in [-0.2, 0) is 4.79 Å². The third-order valence-corrected chi connectivity index (χ3v) is 4.67. The lowest BCUT2D eigenvalue weighted by Gasteiger charge is -2.14. The van der Waals surface area contributed by atoms with Crippen molar-refractivity contribution in [1.82, 2.24) is 9.97 Å². The first-order valence-corrected chi connectivity index (χ1v) is 10.5. The van der Waals surface area contributed by atoms with E-state index < -0.39 is 0 Å². The highest BCUT2D eigenvalue weighted by Gasteiger charge is 2.16. The molecular formula is C26H22N6O2. The molecule has 0 aliphatic carbocycles. The Morgan fingerprint density at radius 1 is 0.735 bits per heavy atom. The van der Waals surface area contributed by atoms with Crippen molar-refractivity contribution in [3.8, 4) is 0 Å². The van der Waals surface area contributed by atoms with Crippen LogP contribution in [0.4, 0.5) is 34.5 Å². The van der Waals surface area contributed by atoms with E-state index in [0.29, 0.717) is 28.8 Å². The molecule has 1 aromatic heterocycles. The van der Waals surface area contributed by atoms with Crippen molar-refractivity contribution in [1.29, 1.82) is 0 Å². The summed E-state index contributed by atoms with van der Waals surface area (Å²) in [6.07, 6.45) is 2.65. The summed E-state index contributed by atoms with van der Waals surface area (Å²) in [6.45, 7) is 3.46. The molecule has 2 amide bonds. The Morgan fingerprint density at radius 2 is 1.38 bits per heavy atom. The van der Waals surface area contributed by atoms with Crippen LogP contribution in [0.2, 0.25) is 0 Å². The van der Waals surface area contributed by atoms with Crippen LogP contribution in [-0.4, -0.2) is 21.8 Å². The molecule has 0 unspecified atom stereocenters. The van der Waals surface area contributed by atoms with E-state index in [9.17, 15) is 9.59 Å². The summed E-state index contributed by atoms with van der Waals surface area (Å²) in [5.74, 6) is -0.0670. The summed E-state index contributed by atoms with van der Waals surface area (Å²) in [6, 6.07) is 25.7. The highest BCUT2D eigenvalue weighted by atomic mass is 16.2. The molecule has 0 radical (unpaired) electrons. The Balaban J connectivity index is 1.64. The normalized spacial score (nSPS) is 10.1. The molecule has 0 aliphatic rings. The Labute approximate surface area is 196 Å². The molecule has 1 heterocycles. The summed E-state index contributed by atoms with van der Waals surface area (Å²) in [7, 11) is 0. The molecule has 0 aliphatic heterocycles. The van der Waals surface area contributed by atoms with Gasteiger partial charge in [-0.1, -0.05) is 49.0 Å². The van der Waals surface area contributed by atoms with Crippen LogP contribution >= 0.6 is 0 Å². The van der Waals surface area contributed by atoms with Crippen molar-refractivity contribution in [2.24, 2.45) is 0 Å². The zero-order valence-corrected chi connectivity index (χ0v) is 18.2. The minimum Gasteiger partial charge on any atom is -0.339 e. The van der Waals surface area contributed by atoms with Crippen molar-refractivity contribution in [3.63, 3.8) is 0 Å². The van der Waals surface area contributed by atoms with Crippen LogP contribution in [0.5, 0.6) is 0 Å². The fourth-order valence-electron chi connectivity index (χ4n) is 3.08. The van der Waals surface area contributed by atoms with Gasteiger partial charge in [-0.15, -0.1) is 0 Å². The molecule has 4 N–H and O–H groups in total. The number of hydrogen-bond donors (Lipinski definition) is 4. The Kier molecular flexibility index (Phi) is 6.90. The van der Waals surface area contributed by atoms with Crippen LogP contribution in [0.15, 0.2) is 104 Å². The van der Waals surface area contributed by atoms with Gasteiger partial charge in [-0.25, -0.2) is 4.98 Å². The van der Waals surface area contributed by atoms with E-state index >= 15 is 0 Å². The number of amides is 2. The molecule has 168 valence electrons. The number of benzene rings is 3. The molecule has 0 atom stereocenters. The summed E-state index contributed by atoms with van der Waals surface area (Å²) in [5.41, 5.74) is 2.91. The van der Waals surface area contributed by atoms with Gasteiger partial charge >= 0.3 is 0 Å². The predicted octanol–water partition coefficient (Wildman–Crippen LogP) is 5.34. The molecule has 0 saturated carbocycles. The lowest BCUT2D eigenvalue weighted by atomic mass is 10.2. The number of anilines is 6. The molecule has 8 nitrogen and oxygen atoms in total. The van der Waals surface area contributed by atoms with E-state index in [1.807, 2.05) is 48.5 Å². The fourth-order valence-corrected chi connectivity index (χ4v) is 3.08. The lowest BCUT2D eigenvalue weighted by Crippen LogP contribution is -2.16. The second kappa shape index (κ2) is 10.6. The van der Waals surface area contributed by atoms with Crippen molar-refractivity contribution < 1.29 is 9.59 Å². The molecule has 0 spiro atoms. The van der Waals surface area contributed by atoms with Crippen molar-refractivity contribution in [2.75, 3.05) is 21.3 Å². The SMILES string of the molecule is C=CC(=O)Nc1cccc(Nc2nc(Nc3ccccc3)ncc2C(=O)Nc2ccccc2)c1. The highest BCUT2D eigenvalue weighted by Crippen LogP contribution is 2.24. The van der Waals surface area contributed by atoms with Crippen molar-refractivity contribution in [2.45, 2.75) is 0 Å². The van der Waals surface area contributed by atoms with E-state index in [1.54, 1.807) is 36.4 Å². The molecule has 4 aromatic rings. The molecule has 8 heteroatoms. The zero-order chi connectivity index (χ0) is 23.8. The van der Waals surface area contributed by atoms with E-state index in [0.717, 1.165) is 5.69 Å². The smallest absolute Gasteiger partial charge is 0.261 e. The van der Waals surface area contributed by atoms with Gasteiger partial charge in [-0.05, 0) is 48.5 Å². The number of nitrogens with zero attached hydrogens (tertiary/aromatic N) is 2. The lowest BCUT2D eigenvalue weighted by molar-refractivity contribution is -0.111. The summed E-state index contributed by atoms with van der Waals surface area (Å²) in [5, 5.41) is 11.9. The molecule has 0 saturated heterocycles. The highest BCUT2D eigenvalue weighted by molar-refractivity contribution is 6.07. The standard InChI is InChI=1S/C26H22N6O2/c1-2-23(33)28-20-14-9-15-21(16-20)29-24-22(25(34)30-18-10-5-3-6-11-18)17-27-26(32-24)31-19-12-7-4-8-13-19/h2-17H,1H2,(H,28,33)(H,30,34)(H2,27,29,31,32). The van der Waals surface area contributed by atoms with Gasteiger partial charge in [0.2, 0.25) is 11.9 Å². The average Bonchev–Trinajstić information content (AvgIpc) is 2.85. The van der Waals surface area contributed by atoms with Gasteiger partial charge in [-0.3, -0.25) is 9.59 Å².